The molecule has 1 saturated heterocycles. The van der Waals surface area contributed by atoms with E-state index in [4.69, 9.17) is 16.3 Å². The van der Waals surface area contributed by atoms with Crippen LogP contribution in [0.1, 0.15) is 53.7 Å². The summed E-state index contributed by atoms with van der Waals surface area (Å²) < 4.78 is 5.44. The first-order valence-electron chi connectivity index (χ1n) is 13.6. The molecule has 3 aliphatic rings. The number of Topliss-reactive ketones (excluding diaryl/α,β-unsaturated/α-hetero) is 3. The van der Waals surface area contributed by atoms with Crippen LogP contribution < -0.4 is 9.64 Å². The molecule has 202 valence electrons. The van der Waals surface area contributed by atoms with Crippen LogP contribution in [0.2, 0.25) is 5.02 Å². The summed E-state index contributed by atoms with van der Waals surface area (Å²) in [6.07, 6.45) is 3.91. The van der Waals surface area contributed by atoms with E-state index in [1.165, 1.54) is 0 Å². The fraction of sp³-hybridized carbons (Fsp3) is 0.171. The van der Waals surface area contributed by atoms with Crippen LogP contribution >= 0.6 is 11.6 Å². The number of ether oxygens (including phenoxy) is 1. The number of rotatable bonds is 4. The minimum absolute atomic E-state index is 0.191. The molecule has 6 heteroatoms. The molecule has 0 radical (unpaired) electrons. The normalized spacial score (nSPS) is 21.5. The van der Waals surface area contributed by atoms with Crippen LogP contribution in [0, 0.1) is 12.3 Å². The SMILES string of the molecule is COc1cccc(C(=O)[C@H]2[C@H](c3ccc(Cl)cc3)C3(C(=O)c4ccccc4C3=O)C3C=Cc4cc(C)ccc4N32)c1. The van der Waals surface area contributed by atoms with Crippen molar-refractivity contribution in [1.82, 2.24) is 0 Å². The van der Waals surface area contributed by atoms with E-state index >= 15 is 0 Å². The maximum Gasteiger partial charge on any atom is 0.186 e. The van der Waals surface area contributed by atoms with Crippen molar-refractivity contribution in [2.24, 2.45) is 5.41 Å². The Morgan fingerprint density at radius 2 is 1.59 bits per heavy atom. The number of carbonyl (C=O) groups is 3. The minimum atomic E-state index is -1.55. The molecule has 4 aromatic rings. The molecule has 0 saturated carbocycles. The van der Waals surface area contributed by atoms with Crippen molar-refractivity contribution in [2.45, 2.75) is 24.9 Å². The summed E-state index contributed by atoms with van der Waals surface area (Å²) in [6.45, 7) is 2.02. The summed E-state index contributed by atoms with van der Waals surface area (Å²) in [4.78, 5) is 46.1. The van der Waals surface area contributed by atoms with Gasteiger partial charge < -0.3 is 9.64 Å². The van der Waals surface area contributed by atoms with E-state index in [9.17, 15) is 14.4 Å². The summed E-state index contributed by atoms with van der Waals surface area (Å²) >= 11 is 6.30. The van der Waals surface area contributed by atoms with Crippen molar-refractivity contribution in [2.75, 3.05) is 12.0 Å². The lowest BCUT2D eigenvalue weighted by Gasteiger charge is -2.37. The van der Waals surface area contributed by atoms with Crippen molar-refractivity contribution in [3.63, 3.8) is 0 Å². The lowest BCUT2D eigenvalue weighted by Crippen LogP contribution is -2.48. The van der Waals surface area contributed by atoms with E-state index in [-0.39, 0.29) is 17.3 Å². The van der Waals surface area contributed by atoms with Crippen molar-refractivity contribution in [1.29, 1.82) is 0 Å². The Morgan fingerprint density at radius 1 is 0.878 bits per heavy atom. The average Bonchev–Trinajstić information content (AvgIpc) is 3.43. The first-order chi connectivity index (χ1) is 19.9. The molecular formula is C35H26ClNO4. The number of fused-ring (bicyclic) bond motifs is 5. The number of hydrogen-bond donors (Lipinski definition) is 0. The molecule has 41 heavy (non-hydrogen) atoms. The second kappa shape index (κ2) is 9.28. The van der Waals surface area contributed by atoms with Gasteiger partial charge in [-0.3, -0.25) is 14.4 Å². The smallest absolute Gasteiger partial charge is 0.186 e. The Hall–Kier alpha value is -4.48. The second-order valence-electron chi connectivity index (χ2n) is 10.9. The lowest BCUT2D eigenvalue weighted by molar-refractivity contribution is 0.0666. The van der Waals surface area contributed by atoms with E-state index in [0.29, 0.717) is 33.0 Å². The first kappa shape index (κ1) is 25.5. The molecule has 1 fully saturated rings. The molecule has 2 aliphatic heterocycles. The topological polar surface area (TPSA) is 63.7 Å². The molecule has 7 rings (SSSR count). The highest BCUT2D eigenvalue weighted by Gasteiger charge is 2.71. The molecule has 4 aromatic carbocycles. The van der Waals surface area contributed by atoms with Crippen LogP contribution in [-0.4, -0.2) is 36.5 Å². The monoisotopic (exact) mass is 559 g/mol. The Bertz CT molecular complexity index is 1760. The highest BCUT2D eigenvalue weighted by atomic mass is 35.5. The maximum absolute atomic E-state index is 14.8. The van der Waals surface area contributed by atoms with Crippen LogP contribution in [0.4, 0.5) is 5.69 Å². The Balaban J connectivity index is 1.54. The number of nitrogens with zero attached hydrogens (tertiary/aromatic N) is 1. The van der Waals surface area contributed by atoms with Gasteiger partial charge in [0.2, 0.25) is 0 Å². The summed E-state index contributed by atoms with van der Waals surface area (Å²) in [5.41, 5.74) is 3.23. The predicted octanol–water partition coefficient (Wildman–Crippen LogP) is 6.97. The van der Waals surface area contributed by atoms with Gasteiger partial charge in [-0.25, -0.2) is 0 Å². The van der Waals surface area contributed by atoms with E-state index in [1.807, 2.05) is 48.2 Å². The van der Waals surface area contributed by atoms with E-state index in [0.717, 1.165) is 16.8 Å². The van der Waals surface area contributed by atoms with E-state index in [1.54, 1.807) is 67.8 Å². The summed E-state index contributed by atoms with van der Waals surface area (Å²) in [5.74, 6) is -0.932. The number of carbonyl (C=O) groups excluding carboxylic acids is 3. The molecule has 0 N–H and O–H groups in total. The summed E-state index contributed by atoms with van der Waals surface area (Å²) in [5, 5.41) is 0.530. The molecule has 3 atom stereocenters. The lowest BCUT2D eigenvalue weighted by atomic mass is 9.64. The Kier molecular flexibility index (Phi) is 5.77. The van der Waals surface area contributed by atoms with Gasteiger partial charge in [0, 0.05) is 33.3 Å². The van der Waals surface area contributed by atoms with Gasteiger partial charge in [0.1, 0.15) is 17.2 Å². The van der Waals surface area contributed by atoms with Crippen molar-refractivity contribution >= 4 is 40.7 Å². The van der Waals surface area contributed by atoms with Gasteiger partial charge >= 0.3 is 0 Å². The van der Waals surface area contributed by atoms with Crippen LogP contribution in [0.3, 0.4) is 0 Å². The Labute approximate surface area is 243 Å². The maximum atomic E-state index is 14.8. The fourth-order valence-corrected chi connectivity index (χ4v) is 7.21. The third-order valence-corrected chi connectivity index (χ3v) is 9.06. The van der Waals surface area contributed by atoms with Gasteiger partial charge in [-0.15, -0.1) is 0 Å². The van der Waals surface area contributed by atoms with Crippen LogP contribution in [0.5, 0.6) is 5.75 Å². The zero-order chi connectivity index (χ0) is 28.5. The van der Waals surface area contributed by atoms with Crippen molar-refractivity contribution < 1.29 is 19.1 Å². The molecule has 1 aliphatic carbocycles. The number of hydrogen-bond acceptors (Lipinski definition) is 5. The quantitative estimate of drug-likeness (QED) is 0.199. The van der Waals surface area contributed by atoms with Crippen LogP contribution in [0.15, 0.2) is 97.1 Å². The zero-order valence-corrected chi connectivity index (χ0v) is 23.3. The molecule has 5 nitrogen and oxygen atoms in total. The van der Waals surface area contributed by atoms with Gasteiger partial charge in [0.25, 0.3) is 0 Å². The standard InChI is InChI=1S/C35H26ClNO4/c1-20-10-16-28-22(18-20)13-17-29-35(33(39)26-8-3-4-9-27(26)34(35)40)30(21-11-14-24(36)15-12-21)31(37(28)29)32(38)23-6-5-7-25(19-23)41-2/h3-19,29-31H,1-2H3/t29?,30-,31+/m0/s1. The molecule has 2 heterocycles. The first-order valence-corrected chi connectivity index (χ1v) is 13.9. The van der Waals surface area contributed by atoms with E-state index in [2.05, 4.69) is 6.07 Å². The number of anilines is 1. The molecular weight excluding hydrogens is 534 g/mol. The average molecular weight is 560 g/mol. The Morgan fingerprint density at radius 3 is 2.27 bits per heavy atom. The third-order valence-electron chi connectivity index (χ3n) is 8.81. The fourth-order valence-electron chi connectivity index (χ4n) is 7.09. The van der Waals surface area contributed by atoms with Gasteiger partial charge in [-0.2, -0.15) is 0 Å². The highest BCUT2D eigenvalue weighted by Crippen LogP contribution is 2.61. The molecule has 1 unspecified atom stereocenters. The van der Waals surface area contributed by atoms with Gasteiger partial charge in [0.05, 0.1) is 13.2 Å². The molecule has 0 bridgehead atoms. The number of benzene rings is 4. The van der Waals surface area contributed by atoms with Crippen molar-refractivity contribution in [3.05, 3.63) is 135 Å². The van der Waals surface area contributed by atoms with Crippen LogP contribution in [0.25, 0.3) is 6.08 Å². The van der Waals surface area contributed by atoms with Crippen LogP contribution in [-0.2, 0) is 0 Å². The van der Waals surface area contributed by atoms with Gasteiger partial charge in [-0.1, -0.05) is 83.9 Å². The summed E-state index contributed by atoms with van der Waals surface area (Å²) in [6, 6.07) is 25.7. The van der Waals surface area contributed by atoms with Gasteiger partial charge in [-0.05, 0) is 54.4 Å². The number of aryl methyl sites for hydroxylation is 1. The minimum Gasteiger partial charge on any atom is -0.497 e. The van der Waals surface area contributed by atoms with E-state index < -0.39 is 23.4 Å². The predicted molar refractivity (Wildman–Crippen MR) is 159 cm³/mol. The number of methoxy groups -OCH3 is 1. The third kappa shape index (κ3) is 3.52. The molecule has 0 amide bonds. The molecule has 1 spiro atoms. The highest BCUT2D eigenvalue weighted by molar-refractivity contribution is 6.32. The number of ketones is 3. The molecule has 0 aromatic heterocycles. The largest absolute Gasteiger partial charge is 0.497 e. The van der Waals surface area contributed by atoms with Crippen molar-refractivity contribution in [3.8, 4) is 5.75 Å². The second-order valence-corrected chi connectivity index (χ2v) is 11.4. The number of halogens is 1. The summed E-state index contributed by atoms with van der Waals surface area (Å²) in [7, 11) is 1.56. The van der Waals surface area contributed by atoms with Gasteiger partial charge in [0.15, 0.2) is 17.3 Å². The zero-order valence-electron chi connectivity index (χ0n) is 22.5.